The summed E-state index contributed by atoms with van der Waals surface area (Å²) in [6.07, 6.45) is 3.87. The van der Waals surface area contributed by atoms with Crippen molar-refractivity contribution in [3.8, 4) is 0 Å². The van der Waals surface area contributed by atoms with Crippen LogP contribution in [0.25, 0.3) is 11.0 Å². The standard InChI is InChI=1S/C16H22N2/c1-15(2,3)11-10-18-12-8-7-9-17-14(12)13(11)16(4,5)6/h7-10H,1-6H3. The van der Waals surface area contributed by atoms with Crippen LogP contribution in [0.15, 0.2) is 24.5 Å². The SMILES string of the molecule is CC(C)(C)c1cnc2cccnc2c1C(C)(C)C. The van der Waals surface area contributed by atoms with Crippen molar-refractivity contribution >= 4 is 11.0 Å². The van der Waals surface area contributed by atoms with Crippen molar-refractivity contribution in [3.63, 3.8) is 0 Å². The molecule has 0 aliphatic carbocycles. The molecule has 0 spiro atoms. The van der Waals surface area contributed by atoms with Crippen LogP contribution in [0.4, 0.5) is 0 Å². The molecule has 2 heterocycles. The van der Waals surface area contributed by atoms with Crippen LogP contribution >= 0.6 is 0 Å². The van der Waals surface area contributed by atoms with Gasteiger partial charge in [0.1, 0.15) is 0 Å². The van der Waals surface area contributed by atoms with E-state index in [0.29, 0.717) is 0 Å². The molecule has 0 fully saturated rings. The Morgan fingerprint density at radius 3 is 2.11 bits per heavy atom. The number of nitrogens with zero attached hydrogens (tertiary/aromatic N) is 2. The van der Waals surface area contributed by atoms with Gasteiger partial charge in [-0.15, -0.1) is 0 Å². The lowest BCUT2D eigenvalue weighted by Crippen LogP contribution is -2.23. The molecule has 0 aromatic carbocycles. The average Bonchev–Trinajstić information content (AvgIpc) is 2.24. The number of fused-ring (bicyclic) bond motifs is 1. The van der Waals surface area contributed by atoms with E-state index in [2.05, 4.69) is 51.5 Å². The predicted octanol–water partition coefficient (Wildman–Crippen LogP) is 4.22. The molecule has 96 valence electrons. The number of hydrogen-bond acceptors (Lipinski definition) is 2. The van der Waals surface area contributed by atoms with Crippen LogP contribution in [0.1, 0.15) is 52.7 Å². The molecule has 0 aliphatic heterocycles. The Balaban J connectivity index is 2.89. The molecule has 0 N–H and O–H groups in total. The van der Waals surface area contributed by atoms with Gasteiger partial charge < -0.3 is 0 Å². The van der Waals surface area contributed by atoms with Crippen molar-refractivity contribution in [1.82, 2.24) is 9.97 Å². The van der Waals surface area contributed by atoms with Gasteiger partial charge in [-0.05, 0) is 34.1 Å². The second-order valence-electron chi connectivity index (χ2n) is 6.92. The zero-order valence-electron chi connectivity index (χ0n) is 12.2. The lowest BCUT2D eigenvalue weighted by atomic mass is 9.75. The van der Waals surface area contributed by atoms with Crippen LogP contribution in [-0.2, 0) is 10.8 Å². The van der Waals surface area contributed by atoms with Gasteiger partial charge in [-0.1, -0.05) is 41.5 Å². The molecule has 0 radical (unpaired) electrons. The quantitative estimate of drug-likeness (QED) is 0.691. The minimum Gasteiger partial charge on any atom is -0.254 e. The Morgan fingerprint density at radius 1 is 0.889 bits per heavy atom. The Kier molecular flexibility index (Phi) is 2.92. The van der Waals surface area contributed by atoms with E-state index in [1.807, 2.05) is 24.5 Å². The third-order valence-electron chi connectivity index (χ3n) is 3.18. The Bertz CT molecular complexity index is 572. The van der Waals surface area contributed by atoms with E-state index in [-0.39, 0.29) is 10.8 Å². The molecule has 0 aliphatic rings. The van der Waals surface area contributed by atoms with Gasteiger partial charge in [-0.2, -0.15) is 0 Å². The van der Waals surface area contributed by atoms with Crippen molar-refractivity contribution in [3.05, 3.63) is 35.7 Å². The normalized spacial score (nSPS) is 13.0. The average molecular weight is 242 g/mol. The van der Waals surface area contributed by atoms with Crippen molar-refractivity contribution in [2.75, 3.05) is 0 Å². The van der Waals surface area contributed by atoms with E-state index < -0.39 is 0 Å². The van der Waals surface area contributed by atoms with Gasteiger partial charge in [0.25, 0.3) is 0 Å². The number of rotatable bonds is 0. The second kappa shape index (κ2) is 4.04. The zero-order chi connectivity index (χ0) is 13.6. The second-order valence-corrected chi connectivity index (χ2v) is 6.92. The molecule has 0 saturated heterocycles. The van der Waals surface area contributed by atoms with Crippen molar-refractivity contribution < 1.29 is 0 Å². The fourth-order valence-corrected chi connectivity index (χ4v) is 2.35. The molecular formula is C16H22N2. The van der Waals surface area contributed by atoms with E-state index >= 15 is 0 Å². The monoisotopic (exact) mass is 242 g/mol. The molecule has 2 rings (SSSR count). The highest BCUT2D eigenvalue weighted by Crippen LogP contribution is 2.36. The van der Waals surface area contributed by atoms with E-state index in [9.17, 15) is 0 Å². The number of hydrogen-bond donors (Lipinski definition) is 0. The molecule has 2 nitrogen and oxygen atoms in total. The minimum atomic E-state index is 0.0676. The molecule has 2 aromatic rings. The van der Waals surface area contributed by atoms with Gasteiger partial charge in [-0.25, -0.2) is 0 Å². The van der Waals surface area contributed by atoms with E-state index in [4.69, 9.17) is 0 Å². The molecular weight excluding hydrogens is 220 g/mol. The topological polar surface area (TPSA) is 25.8 Å². The fraction of sp³-hybridized carbons (Fsp3) is 0.500. The Hall–Kier alpha value is -1.44. The highest BCUT2D eigenvalue weighted by molar-refractivity contribution is 5.80. The van der Waals surface area contributed by atoms with Gasteiger partial charge in [0, 0.05) is 12.4 Å². The first kappa shape index (κ1) is 13.0. The summed E-state index contributed by atoms with van der Waals surface area (Å²) in [7, 11) is 0. The summed E-state index contributed by atoms with van der Waals surface area (Å²) in [5.74, 6) is 0. The van der Waals surface area contributed by atoms with Crippen LogP contribution in [0.3, 0.4) is 0 Å². The molecule has 0 bridgehead atoms. The smallest absolute Gasteiger partial charge is 0.0926 e. The number of pyridine rings is 2. The molecule has 0 atom stereocenters. The Morgan fingerprint density at radius 2 is 1.56 bits per heavy atom. The first-order valence-electron chi connectivity index (χ1n) is 6.46. The molecule has 2 heteroatoms. The molecule has 0 unspecified atom stereocenters. The largest absolute Gasteiger partial charge is 0.254 e. The summed E-state index contributed by atoms with van der Waals surface area (Å²) in [5.41, 5.74) is 4.79. The maximum atomic E-state index is 4.56. The van der Waals surface area contributed by atoms with Crippen LogP contribution in [0.5, 0.6) is 0 Å². The summed E-state index contributed by atoms with van der Waals surface area (Å²) in [4.78, 5) is 9.12. The van der Waals surface area contributed by atoms with Gasteiger partial charge in [-0.3, -0.25) is 9.97 Å². The van der Waals surface area contributed by atoms with E-state index in [1.54, 1.807) is 0 Å². The molecule has 18 heavy (non-hydrogen) atoms. The third-order valence-corrected chi connectivity index (χ3v) is 3.18. The fourth-order valence-electron chi connectivity index (χ4n) is 2.35. The minimum absolute atomic E-state index is 0.0676. The molecule has 0 amide bonds. The maximum Gasteiger partial charge on any atom is 0.0926 e. The predicted molar refractivity (Wildman–Crippen MR) is 76.9 cm³/mol. The Labute approximate surface area is 109 Å². The lowest BCUT2D eigenvalue weighted by Gasteiger charge is -2.30. The van der Waals surface area contributed by atoms with Crippen molar-refractivity contribution in [2.45, 2.75) is 52.4 Å². The molecule has 2 aromatic heterocycles. The summed E-state index contributed by atoms with van der Waals surface area (Å²) in [6, 6.07) is 3.97. The third kappa shape index (κ3) is 2.24. The van der Waals surface area contributed by atoms with Crippen LogP contribution in [0.2, 0.25) is 0 Å². The van der Waals surface area contributed by atoms with Crippen LogP contribution < -0.4 is 0 Å². The summed E-state index contributed by atoms with van der Waals surface area (Å²) in [6.45, 7) is 13.4. The summed E-state index contributed by atoms with van der Waals surface area (Å²) in [5, 5.41) is 0. The summed E-state index contributed by atoms with van der Waals surface area (Å²) < 4.78 is 0. The van der Waals surface area contributed by atoms with Crippen LogP contribution in [-0.4, -0.2) is 9.97 Å². The van der Waals surface area contributed by atoms with Gasteiger partial charge in [0.2, 0.25) is 0 Å². The van der Waals surface area contributed by atoms with E-state index in [0.717, 1.165) is 11.0 Å². The van der Waals surface area contributed by atoms with Gasteiger partial charge in [0.15, 0.2) is 0 Å². The number of aromatic nitrogens is 2. The zero-order valence-corrected chi connectivity index (χ0v) is 12.2. The maximum absolute atomic E-state index is 4.56. The van der Waals surface area contributed by atoms with Crippen molar-refractivity contribution in [2.24, 2.45) is 0 Å². The first-order valence-corrected chi connectivity index (χ1v) is 6.46. The highest BCUT2D eigenvalue weighted by atomic mass is 14.7. The van der Waals surface area contributed by atoms with Gasteiger partial charge in [0.05, 0.1) is 11.0 Å². The van der Waals surface area contributed by atoms with Crippen LogP contribution in [0, 0.1) is 0 Å². The van der Waals surface area contributed by atoms with Gasteiger partial charge >= 0.3 is 0 Å². The first-order chi connectivity index (χ1) is 8.21. The van der Waals surface area contributed by atoms with E-state index in [1.165, 1.54) is 11.1 Å². The summed E-state index contributed by atoms with van der Waals surface area (Å²) >= 11 is 0. The highest BCUT2D eigenvalue weighted by Gasteiger charge is 2.28. The van der Waals surface area contributed by atoms with Crippen molar-refractivity contribution in [1.29, 1.82) is 0 Å². The molecule has 0 saturated carbocycles. The lowest BCUT2D eigenvalue weighted by molar-refractivity contribution is 0.531.